The molecule has 0 aliphatic heterocycles. The van der Waals surface area contributed by atoms with E-state index in [4.69, 9.17) is 10.9 Å². The van der Waals surface area contributed by atoms with Gasteiger partial charge < -0.3 is 4.52 Å². The SMILES string of the molecule is C#CCO[PH](=O)OCCC. The van der Waals surface area contributed by atoms with Crippen molar-refractivity contribution in [2.24, 2.45) is 0 Å². The Morgan fingerprint density at radius 3 is 2.80 bits per heavy atom. The zero-order valence-corrected chi connectivity index (χ0v) is 6.92. The van der Waals surface area contributed by atoms with Crippen LogP contribution in [-0.4, -0.2) is 13.2 Å². The molecular weight excluding hydrogens is 151 g/mol. The second kappa shape index (κ2) is 6.82. The average Bonchev–Trinajstić information content (AvgIpc) is 1.97. The van der Waals surface area contributed by atoms with Crippen molar-refractivity contribution in [3.63, 3.8) is 0 Å². The summed E-state index contributed by atoms with van der Waals surface area (Å²) in [5.74, 6) is 2.20. The van der Waals surface area contributed by atoms with Gasteiger partial charge in [0.05, 0.1) is 6.61 Å². The Morgan fingerprint density at radius 2 is 2.30 bits per heavy atom. The van der Waals surface area contributed by atoms with Crippen LogP contribution in [0.4, 0.5) is 0 Å². The summed E-state index contributed by atoms with van der Waals surface area (Å²) < 4.78 is 19.9. The topological polar surface area (TPSA) is 35.5 Å². The Morgan fingerprint density at radius 1 is 1.60 bits per heavy atom. The predicted octanol–water partition coefficient (Wildman–Crippen LogP) is 1.45. The van der Waals surface area contributed by atoms with Crippen LogP contribution in [-0.2, 0) is 13.6 Å². The molecule has 0 aromatic heterocycles. The van der Waals surface area contributed by atoms with Crippen molar-refractivity contribution in [3.8, 4) is 12.3 Å². The summed E-state index contributed by atoms with van der Waals surface area (Å²) in [5, 5.41) is 0. The maximum atomic E-state index is 10.6. The molecule has 0 fully saturated rings. The first kappa shape index (κ1) is 9.71. The van der Waals surface area contributed by atoms with Gasteiger partial charge in [0.15, 0.2) is 0 Å². The molecule has 1 unspecified atom stereocenters. The third kappa shape index (κ3) is 5.84. The molecule has 1 atom stereocenters. The third-order valence-corrected chi connectivity index (χ3v) is 1.52. The quantitative estimate of drug-likeness (QED) is 0.453. The van der Waals surface area contributed by atoms with Gasteiger partial charge in [-0.1, -0.05) is 12.8 Å². The van der Waals surface area contributed by atoms with Crippen molar-refractivity contribution >= 4 is 8.25 Å². The summed E-state index contributed by atoms with van der Waals surface area (Å²) in [6, 6.07) is 0. The van der Waals surface area contributed by atoms with E-state index in [1.165, 1.54) is 0 Å². The summed E-state index contributed by atoms with van der Waals surface area (Å²) >= 11 is 0. The molecule has 0 aromatic carbocycles. The molecule has 10 heavy (non-hydrogen) atoms. The minimum atomic E-state index is -2.31. The van der Waals surface area contributed by atoms with Crippen LogP contribution in [0.3, 0.4) is 0 Å². The smallest absolute Gasteiger partial charge is 0.311 e. The molecule has 0 aromatic rings. The first-order valence-electron chi connectivity index (χ1n) is 3.04. The van der Waals surface area contributed by atoms with Crippen LogP contribution in [0.25, 0.3) is 0 Å². The van der Waals surface area contributed by atoms with Crippen LogP contribution >= 0.6 is 8.25 Å². The van der Waals surface area contributed by atoms with Gasteiger partial charge in [-0.3, -0.25) is 9.09 Å². The minimum Gasteiger partial charge on any atom is -0.311 e. The molecule has 0 radical (unpaired) electrons. The van der Waals surface area contributed by atoms with Crippen LogP contribution < -0.4 is 0 Å². The van der Waals surface area contributed by atoms with Crippen LogP contribution in [0.5, 0.6) is 0 Å². The van der Waals surface area contributed by atoms with Gasteiger partial charge in [-0.05, 0) is 6.42 Å². The molecular formula is C6H11O3P. The number of hydrogen-bond acceptors (Lipinski definition) is 3. The largest absolute Gasteiger partial charge is 0.320 e. The Labute approximate surface area is 61.7 Å². The van der Waals surface area contributed by atoms with E-state index in [2.05, 4.69) is 10.4 Å². The van der Waals surface area contributed by atoms with E-state index in [9.17, 15) is 4.57 Å². The predicted molar refractivity (Wildman–Crippen MR) is 40.0 cm³/mol. The Hall–Kier alpha value is -0.290. The molecule has 0 saturated heterocycles. The lowest BCUT2D eigenvalue weighted by molar-refractivity contribution is 0.244. The summed E-state index contributed by atoms with van der Waals surface area (Å²) in [7, 11) is -2.31. The van der Waals surface area contributed by atoms with Crippen molar-refractivity contribution in [3.05, 3.63) is 0 Å². The Balaban J connectivity index is 3.19. The highest BCUT2D eigenvalue weighted by atomic mass is 31.1. The lowest BCUT2D eigenvalue weighted by Crippen LogP contribution is -1.86. The van der Waals surface area contributed by atoms with Gasteiger partial charge in [0.25, 0.3) is 0 Å². The van der Waals surface area contributed by atoms with Crippen molar-refractivity contribution in [2.45, 2.75) is 13.3 Å². The van der Waals surface area contributed by atoms with Crippen LogP contribution in [0.2, 0.25) is 0 Å². The highest BCUT2D eigenvalue weighted by molar-refractivity contribution is 7.33. The summed E-state index contributed by atoms with van der Waals surface area (Å²) in [5.41, 5.74) is 0. The van der Waals surface area contributed by atoms with Crippen molar-refractivity contribution in [1.82, 2.24) is 0 Å². The zero-order valence-electron chi connectivity index (χ0n) is 5.92. The highest BCUT2D eigenvalue weighted by Crippen LogP contribution is 2.22. The summed E-state index contributed by atoms with van der Waals surface area (Å²) in [6.45, 7) is 2.44. The standard InChI is InChI=1S/C6H11O3P/c1-3-5-8-10(7)9-6-4-2/h1,10H,4-6H2,2H3. The van der Waals surface area contributed by atoms with E-state index in [0.29, 0.717) is 6.61 Å². The molecule has 4 heteroatoms. The van der Waals surface area contributed by atoms with Crippen molar-refractivity contribution < 1.29 is 13.6 Å². The molecule has 3 nitrogen and oxygen atoms in total. The molecule has 0 rings (SSSR count). The lowest BCUT2D eigenvalue weighted by Gasteiger charge is -1.99. The van der Waals surface area contributed by atoms with Gasteiger partial charge in [0, 0.05) is 0 Å². The van der Waals surface area contributed by atoms with Crippen LogP contribution in [0, 0.1) is 12.3 Å². The number of hydrogen-bond donors (Lipinski definition) is 0. The third-order valence-electron chi connectivity index (χ3n) is 0.697. The van der Waals surface area contributed by atoms with Gasteiger partial charge in [-0.2, -0.15) is 0 Å². The molecule has 0 N–H and O–H groups in total. The van der Waals surface area contributed by atoms with E-state index >= 15 is 0 Å². The molecule has 0 aliphatic rings. The van der Waals surface area contributed by atoms with E-state index in [1.807, 2.05) is 6.92 Å². The van der Waals surface area contributed by atoms with E-state index in [-0.39, 0.29) is 6.61 Å². The van der Waals surface area contributed by atoms with E-state index in [0.717, 1.165) is 6.42 Å². The van der Waals surface area contributed by atoms with Gasteiger partial charge in [-0.15, -0.1) is 6.42 Å². The Kier molecular flexibility index (Phi) is 6.63. The molecule has 0 spiro atoms. The maximum absolute atomic E-state index is 10.6. The normalized spacial score (nSPS) is 12.4. The summed E-state index contributed by atoms with van der Waals surface area (Å²) in [6.07, 6.45) is 5.68. The molecule has 0 saturated carbocycles. The molecule has 0 aliphatic carbocycles. The van der Waals surface area contributed by atoms with Crippen molar-refractivity contribution in [2.75, 3.05) is 13.2 Å². The second-order valence-corrected chi connectivity index (χ2v) is 2.67. The van der Waals surface area contributed by atoms with Gasteiger partial charge in [-0.25, -0.2) is 0 Å². The first-order valence-corrected chi connectivity index (χ1v) is 4.26. The molecule has 0 amide bonds. The lowest BCUT2D eigenvalue weighted by atomic mass is 10.5. The summed E-state index contributed by atoms with van der Waals surface area (Å²) in [4.78, 5) is 0. The van der Waals surface area contributed by atoms with Gasteiger partial charge >= 0.3 is 8.25 Å². The second-order valence-electron chi connectivity index (χ2n) is 1.59. The Bertz CT molecular complexity index is 138. The van der Waals surface area contributed by atoms with Crippen LogP contribution in [0.1, 0.15) is 13.3 Å². The van der Waals surface area contributed by atoms with E-state index in [1.54, 1.807) is 0 Å². The van der Waals surface area contributed by atoms with Gasteiger partial charge in [0.2, 0.25) is 0 Å². The fourth-order valence-electron chi connectivity index (χ4n) is 0.328. The fourth-order valence-corrected chi connectivity index (χ4v) is 0.983. The fraction of sp³-hybridized carbons (Fsp3) is 0.667. The number of terminal acetylenes is 1. The average molecular weight is 162 g/mol. The van der Waals surface area contributed by atoms with Gasteiger partial charge in [0.1, 0.15) is 6.61 Å². The molecule has 58 valence electrons. The zero-order chi connectivity index (χ0) is 7.82. The minimum absolute atomic E-state index is 0.0571. The monoisotopic (exact) mass is 162 g/mol. The maximum Gasteiger partial charge on any atom is 0.320 e. The molecule has 0 heterocycles. The van der Waals surface area contributed by atoms with Crippen LogP contribution in [0.15, 0.2) is 0 Å². The van der Waals surface area contributed by atoms with Crippen molar-refractivity contribution in [1.29, 1.82) is 0 Å². The highest BCUT2D eigenvalue weighted by Gasteiger charge is 1.94. The van der Waals surface area contributed by atoms with E-state index < -0.39 is 8.25 Å². The molecule has 0 bridgehead atoms. The first-order chi connectivity index (χ1) is 4.81. The number of rotatable bonds is 5.